The molecule has 2 aromatic rings. The van der Waals surface area contributed by atoms with E-state index in [2.05, 4.69) is 10.3 Å². The summed E-state index contributed by atoms with van der Waals surface area (Å²) in [4.78, 5) is 16.7. The summed E-state index contributed by atoms with van der Waals surface area (Å²) in [6, 6.07) is 7.05. The van der Waals surface area contributed by atoms with Gasteiger partial charge in [0.1, 0.15) is 0 Å². The number of aromatic nitrogens is 1. The van der Waals surface area contributed by atoms with E-state index in [9.17, 15) is 9.90 Å². The SMILES string of the molecule is O=C(CCc1cccs1)Nc1ncccc1O. The molecule has 1 amide bonds. The van der Waals surface area contributed by atoms with Gasteiger partial charge in [0.25, 0.3) is 0 Å². The lowest BCUT2D eigenvalue weighted by Crippen LogP contribution is -2.13. The first-order valence-electron chi connectivity index (χ1n) is 5.22. The van der Waals surface area contributed by atoms with E-state index in [0.29, 0.717) is 12.8 Å². The summed E-state index contributed by atoms with van der Waals surface area (Å²) in [5.74, 6) is 0.0491. The van der Waals surface area contributed by atoms with Gasteiger partial charge >= 0.3 is 0 Å². The number of carbonyl (C=O) groups is 1. The van der Waals surface area contributed by atoms with Crippen LogP contribution >= 0.6 is 11.3 Å². The third-order valence-electron chi connectivity index (χ3n) is 2.22. The molecule has 0 saturated carbocycles. The fraction of sp³-hybridized carbons (Fsp3) is 0.167. The van der Waals surface area contributed by atoms with Crippen LogP contribution in [0.1, 0.15) is 11.3 Å². The number of hydrogen-bond donors (Lipinski definition) is 2. The Hall–Kier alpha value is -1.88. The third kappa shape index (κ3) is 3.29. The minimum absolute atomic E-state index is 0.0167. The van der Waals surface area contributed by atoms with Crippen LogP contribution in [-0.2, 0) is 11.2 Å². The molecule has 0 aliphatic rings. The van der Waals surface area contributed by atoms with Crippen LogP contribution in [0.3, 0.4) is 0 Å². The first-order chi connectivity index (χ1) is 8.25. The average Bonchev–Trinajstić information content (AvgIpc) is 2.82. The number of hydrogen-bond acceptors (Lipinski definition) is 4. The molecule has 17 heavy (non-hydrogen) atoms. The molecule has 0 saturated heterocycles. The highest BCUT2D eigenvalue weighted by molar-refractivity contribution is 7.09. The number of aryl methyl sites for hydroxylation is 1. The smallest absolute Gasteiger partial charge is 0.225 e. The maximum Gasteiger partial charge on any atom is 0.225 e. The fourth-order valence-electron chi connectivity index (χ4n) is 1.38. The summed E-state index contributed by atoms with van der Waals surface area (Å²) < 4.78 is 0. The maximum atomic E-state index is 11.6. The van der Waals surface area contributed by atoms with Crippen molar-refractivity contribution in [2.45, 2.75) is 12.8 Å². The highest BCUT2D eigenvalue weighted by atomic mass is 32.1. The monoisotopic (exact) mass is 248 g/mol. The molecule has 0 spiro atoms. The lowest BCUT2D eigenvalue weighted by molar-refractivity contribution is -0.116. The largest absolute Gasteiger partial charge is 0.504 e. The first kappa shape index (κ1) is 11.6. The van der Waals surface area contributed by atoms with Crippen LogP contribution in [0.15, 0.2) is 35.8 Å². The molecular formula is C12H12N2O2S. The molecule has 2 heterocycles. The minimum atomic E-state index is -0.146. The lowest BCUT2D eigenvalue weighted by Gasteiger charge is -2.04. The van der Waals surface area contributed by atoms with E-state index in [1.807, 2.05) is 17.5 Å². The second-order valence-corrected chi connectivity index (χ2v) is 4.53. The van der Waals surface area contributed by atoms with Crippen molar-refractivity contribution >= 4 is 23.1 Å². The van der Waals surface area contributed by atoms with E-state index in [4.69, 9.17) is 0 Å². The van der Waals surface area contributed by atoms with E-state index >= 15 is 0 Å². The van der Waals surface area contributed by atoms with E-state index < -0.39 is 0 Å². The molecule has 0 atom stereocenters. The van der Waals surface area contributed by atoms with Crippen molar-refractivity contribution in [1.29, 1.82) is 0 Å². The number of anilines is 1. The number of thiophene rings is 1. The molecule has 2 aromatic heterocycles. The predicted octanol–water partition coefficient (Wildman–Crippen LogP) is 2.42. The summed E-state index contributed by atoms with van der Waals surface area (Å²) in [6.07, 6.45) is 2.61. The van der Waals surface area contributed by atoms with Crippen LogP contribution in [0.2, 0.25) is 0 Å². The standard InChI is InChI=1S/C12H12N2O2S/c15-10-4-1-7-13-12(10)14-11(16)6-5-9-3-2-8-17-9/h1-4,7-8,15H,5-6H2,(H,13,14,16). The number of carbonyl (C=O) groups excluding carboxylic acids is 1. The molecule has 0 aliphatic carbocycles. The lowest BCUT2D eigenvalue weighted by atomic mass is 10.2. The van der Waals surface area contributed by atoms with Crippen molar-refractivity contribution < 1.29 is 9.90 Å². The molecule has 0 bridgehead atoms. The topological polar surface area (TPSA) is 62.2 Å². The highest BCUT2D eigenvalue weighted by Gasteiger charge is 2.07. The fourth-order valence-corrected chi connectivity index (χ4v) is 2.09. The maximum absolute atomic E-state index is 11.6. The Morgan fingerprint density at radius 3 is 3.00 bits per heavy atom. The predicted molar refractivity (Wildman–Crippen MR) is 67.2 cm³/mol. The first-order valence-corrected chi connectivity index (χ1v) is 6.10. The van der Waals surface area contributed by atoms with Crippen LogP contribution in [0.4, 0.5) is 5.82 Å². The van der Waals surface area contributed by atoms with Gasteiger partial charge in [-0.05, 0) is 30.0 Å². The van der Waals surface area contributed by atoms with Crippen molar-refractivity contribution in [3.05, 3.63) is 40.7 Å². The second-order valence-electron chi connectivity index (χ2n) is 3.50. The molecular weight excluding hydrogens is 236 g/mol. The Bertz CT molecular complexity index is 497. The zero-order chi connectivity index (χ0) is 12.1. The summed E-state index contributed by atoms with van der Waals surface area (Å²) in [5, 5.41) is 14.0. The van der Waals surface area contributed by atoms with Crippen LogP contribution in [0.25, 0.3) is 0 Å². The van der Waals surface area contributed by atoms with Crippen molar-refractivity contribution in [2.24, 2.45) is 0 Å². The summed E-state index contributed by atoms with van der Waals surface area (Å²) in [7, 11) is 0. The summed E-state index contributed by atoms with van der Waals surface area (Å²) in [5.41, 5.74) is 0. The molecule has 0 radical (unpaired) electrons. The molecule has 0 unspecified atom stereocenters. The molecule has 88 valence electrons. The van der Waals surface area contributed by atoms with Gasteiger partial charge in [0.2, 0.25) is 5.91 Å². The van der Waals surface area contributed by atoms with Crippen LogP contribution in [0.5, 0.6) is 5.75 Å². The quantitative estimate of drug-likeness (QED) is 0.873. The third-order valence-corrected chi connectivity index (χ3v) is 3.16. The van der Waals surface area contributed by atoms with Crippen molar-refractivity contribution in [3.63, 3.8) is 0 Å². The number of nitrogens with one attached hydrogen (secondary N) is 1. The summed E-state index contributed by atoms with van der Waals surface area (Å²) >= 11 is 1.63. The van der Waals surface area contributed by atoms with Crippen molar-refractivity contribution in [2.75, 3.05) is 5.32 Å². The van der Waals surface area contributed by atoms with Gasteiger partial charge in [-0.3, -0.25) is 4.79 Å². The van der Waals surface area contributed by atoms with Gasteiger partial charge < -0.3 is 10.4 Å². The normalized spacial score (nSPS) is 10.1. The van der Waals surface area contributed by atoms with Crippen LogP contribution in [-0.4, -0.2) is 16.0 Å². The second kappa shape index (κ2) is 5.45. The number of pyridine rings is 1. The minimum Gasteiger partial charge on any atom is -0.504 e. The number of rotatable bonds is 4. The molecule has 0 fully saturated rings. The van der Waals surface area contributed by atoms with E-state index in [1.165, 1.54) is 17.1 Å². The molecule has 2 N–H and O–H groups in total. The molecule has 5 heteroatoms. The molecule has 0 aromatic carbocycles. The molecule has 4 nitrogen and oxygen atoms in total. The van der Waals surface area contributed by atoms with Gasteiger partial charge in [0, 0.05) is 17.5 Å². The van der Waals surface area contributed by atoms with Crippen LogP contribution in [0, 0.1) is 0 Å². The van der Waals surface area contributed by atoms with E-state index in [1.54, 1.807) is 17.4 Å². The van der Waals surface area contributed by atoms with Crippen molar-refractivity contribution in [1.82, 2.24) is 4.98 Å². The van der Waals surface area contributed by atoms with Gasteiger partial charge in [-0.1, -0.05) is 6.07 Å². The van der Waals surface area contributed by atoms with Gasteiger partial charge in [0.15, 0.2) is 11.6 Å². The van der Waals surface area contributed by atoms with Gasteiger partial charge in [-0.25, -0.2) is 4.98 Å². The Labute approximate surface area is 103 Å². The van der Waals surface area contributed by atoms with E-state index in [0.717, 1.165) is 0 Å². The number of amides is 1. The number of aromatic hydroxyl groups is 1. The molecule has 0 aliphatic heterocycles. The Kier molecular flexibility index (Phi) is 3.72. The average molecular weight is 248 g/mol. The summed E-state index contributed by atoms with van der Waals surface area (Å²) in [6.45, 7) is 0. The zero-order valence-corrected chi connectivity index (χ0v) is 9.91. The number of nitrogens with zero attached hydrogens (tertiary/aromatic N) is 1. The molecule has 2 rings (SSSR count). The Morgan fingerprint density at radius 2 is 2.29 bits per heavy atom. The zero-order valence-electron chi connectivity index (χ0n) is 9.09. The van der Waals surface area contributed by atoms with Gasteiger partial charge in [-0.15, -0.1) is 11.3 Å². The highest BCUT2D eigenvalue weighted by Crippen LogP contribution is 2.18. The van der Waals surface area contributed by atoms with Gasteiger partial charge in [0.05, 0.1) is 0 Å². The van der Waals surface area contributed by atoms with E-state index in [-0.39, 0.29) is 17.5 Å². The van der Waals surface area contributed by atoms with Crippen LogP contribution < -0.4 is 5.32 Å². The Morgan fingerprint density at radius 1 is 1.41 bits per heavy atom. The van der Waals surface area contributed by atoms with Crippen molar-refractivity contribution in [3.8, 4) is 5.75 Å². The van der Waals surface area contributed by atoms with Gasteiger partial charge in [-0.2, -0.15) is 0 Å². The Balaban J connectivity index is 1.87.